The molecule has 0 bridgehead atoms. The van der Waals surface area contributed by atoms with Crippen molar-refractivity contribution in [2.45, 2.75) is 5.60 Å². The van der Waals surface area contributed by atoms with Crippen LogP contribution in [0.15, 0.2) is 36.5 Å². The smallest absolute Gasteiger partial charge is 0.332 e. The Kier molecular flexibility index (Phi) is 1.27. The second kappa shape index (κ2) is 2.17. The third kappa shape index (κ3) is 0.993. The molecule has 0 saturated carbocycles. The lowest BCUT2D eigenvalue weighted by Gasteiger charge is -2.19. The quantitative estimate of drug-likeness (QED) is 0.488. The van der Waals surface area contributed by atoms with Gasteiger partial charge in [-0.3, -0.25) is 4.79 Å². The number of allylic oxidation sites excluding steroid dienone is 2. The Bertz CT molecular complexity index is 318. The molecule has 1 aliphatic heterocycles. The van der Waals surface area contributed by atoms with Crippen molar-refractivity contribution in [1.82, 2.24) is 0 Å². The van der Waals surface area contributed by atoms with Crippen LogP contribution in [0.4, 0.5) is 0 Å². The fraction of sp³-hybridized carbons (Fsp3) is 0.111. The number of hydrogen-bond donors (Lipinski definition) is 0. The molecule has 0 aromatic rings. The molecular formula is C9H6O3. The number of ether oxygens (including phenoxy) is 1. The summed E-state index contributed by atoms with van der Waals surface area (Å²) in [7, 11) is 0. The lowest BCUT2D eigenvalue weighted by molar-refractivity contribution is -0.140. The van der Waals surface area contributed by atoms with Crippen molar-refractivity contribution < 1.29 is 14.3 Å². The number of ketones is 1. The van der Waals surface area contributed by atoms with E-state index < -0.39 is 5.60 Å². The second-order valence-corrected chi connectivity index (χ2v) is 2.68. The lowest BCUT2D eigenvalue weighted by atomic mass is 9.98. The Hall–Kier alpha value is -1.64. The monoisotopic (exact) mass is 162 g/mol. The molecule has 12 heavy (non-hydrogen) atoms. The second-order valence-electron chi connectivity index (χ2n) is 2.68. The third-order valence-corrected chi connectivity index (χ3v) is 1.77. The van der Waals surface area contributed by atoms with Crippen molar-refractivity contribution in [1.29, 1.82) is 0 Å². The summed E-state index contributed by atoms with van der Waals surface area (Å²) in [4.78, 5) is 21.5. The van der Waals surface area contributed by atoms with Crippen LogP contribution >= 0.6 is 0 Å². The highest BCUT2D eigenvalue weighted by Crippen LogP contribution is 2.25. The van der Waals surface area contributed by atoms with Crippen LogP contribution in [0, 0.1) is 0 Å². The summed E-state index contributed by atoms with van der Waals surface area (Å²) < 4.78 is 4.96. The minimum atomic E-state index is -0.787. The summed E-state index contributed by atoms with van der Waals surface area (Å²) in [6.07, 6.45) is 8.89. The molecule has 1 heterocycles. The Morgan fingerprint density at radius 3 is 2.08 bits per heavy atom. The molecule has 1 aliphatic carbocycles. The Morgan fingerprint density at radius 2 is 1.58 bits per heavy atom. The molecule has 0 aromatic carbocycles. The van der Waals surface area contributed by atoms with Crippen LogP contribution in [0.3, 0.4) is 0 Å². The van der Waals surface area contributed by atoms with Crippen molar-refractivity contribution in [2.75, 3.05) is 0 Å². The molecule has 0 radical (unpaired) electrons. The van der Waals surface area contributed by atoms with Crippen molar-refractivity contribution in [3.63, 3.8) is 0 Å². The molecular weight excluding hydrogens is 156 g/mol. The van der Waals surface area contributed by atoms with Gasteiger partial charge in [0.25, 0.3) is 0 Å². The minimum Gasteiger partial charge on any atom is -0.443 e. The molecule has 60 valence electrons. The maximum absolute atomic E-state index is 10.7. The van der Waals surface area contributed by atoms with E-state index in [1.807, 2.05) is 0 Å². The Balaban J connectivity index is 2.32. The molecule has 3 heteroatoms. The predicted molar refractivity (Wildman–Crippen MR) is 41.3 cm³/mol. The highest BCUT2D eigenvalue weighted by molar-refractivity contribution is 6.01. The van der Waals surface area contributed by atoms with Crippen molar-refractivity contribution in [2.24, 2.45) is 0 Å². The van der Waals surface area contributed by atoms with Gasteiger partial charge in [-0.1, -0.05) is 0 Å². The number of rotatable bonds is 0. The Morgan fingerprint density at radius 1 is 1.00 bits per heavy atom. The zero-order chi connectivity index (χ0) is 8.60. The van der Waals surface area contributed by atoms with Gasteiger partial charge in [0.1, 0.15) is 0 Å². The van der Waals surface area contributed by atoms with E-state index in [2.05, 4.69) is 0 Å². The molecule has 2 aliphatic rings. The number of carbonyl (C=O) groups is 2. The zero-order valence-electron chi connectivity index (χ0n) is 6.19. The first-order chi connectivity index (χ1) is 5.70. The predicted octanol–water partition coefficient (Wildman–Crippen LogP) is 0.533. The SMILES string of the molecule is O=C1C=CC2(C=C1)C=CC(=O)O2. The average Bonchev–Trinajstić information content (AvgIpc) is 2.40. The molecule has 0 unspecified atom stereocenters. The Labute approximate surface area is 69.0 Å². The molecule has 0 N–H and O–H groups in total. The van der Waals surface area contributed by atoms with E-state index in [1.54, 1.807) is 18.2 Å². The van der Waals surface area contributed by atoms with E-state index in [-0.39, 0.29) is 11.8 Å². The molecule has 1 spiro atoms. The summed E-state index contributed by atoms with van der Waals surface area (Å²) in [6, 6.07) is 0. The highest BCUT2D eigenvalue weighted by Gasteiger charge is 2.31. The van der Waals surface area contributed by atoms with Gasteiger partial charge < -0.3 is 4.74 Å². The zero-order valence-corrected chi connectivity index (χ0v) is 6.19. The number of carbonyl (C=O) groups excluding carboxylic acids is 2. The van der Waals surface area contributed by atoms with Crippen LogP contribution in [0.2, 0.25) is 0 Å². The maximum Gasteiger partial charge on any atom is 0.332 e. The summed E-state index contributed by atoms with van der Waals surface area (Å²) in [5.41, 5.74) is -0.787. The summed E-state index contributed by atoms with van der Waals surface area (Å²) in [5, 5.41) is 0. The first-order valence-corrected chi connectivity index (χ1v) is 3.55. The van der Waals surface area contributed by atoms with Crippen molar-refractivity contribution in [3.05, 3.63) is 36.5 Å². The van der Waals surface area contributed by atoms with Gasteiger partial charge in [-0.25, -0.2) is 4.79 Å². The van der Waals surface area contributed by atoms with Crippen LogP contribution in [0.25, 0.3) is 0 Å². The molecule has 3 nitrogen and oxygen atoms in total. The molecule has 0 aromatic heterocycles. The standard InChI is InChI=1S/C9H6O3/c10-7-1-4-9(5-2-7)6-3-8(11)12-9/h1-6H. The van der Waals surface area contributed by atoms with E-state index in [0.29, 0.717) is 0 Å². The van der Waals surface area contributed by atoms with Crippen LogP contribution in [0.1, 0.15) is 0 Å². The van der Waals surface area contributed by atoms with Crippen LogP contribution in [-0.4, -0.2) is 17.4 Å². The van der Waals surface area contributed by atoms with E-state index >= 15 is 0 Å². The van der Waals surface area contributed by atoms with Crippen LogP contribution < -0.4 is 0 Å². The van der Waals surface area contributed by atoms with Gasteiger partial charge in [0.2, 0.25) is 0 Å². The van der Waals surface area contributed by atoms with Gasteiger partial charge >= 0.3 is 5.97 Å². The van der Waals surface area contributed by atoms with Gasteiger partial charge in [-0.05, 0) is 30.4 Å². The first kappa shape index (κ1) is 7.03. The molecule has 0 amide bonds. The number of hydrogen-bond acceptors (Lipinski definition) is 3. The maximum atomic E-state index is 10.7. The van der Waals surface area contributed by atoms with Gasteiger partial charge in [-0.15, -0.1) is 0 Å². The van der Waals surface area contributed by atoms with E-state index in [4.69, 9.17) is 4.74 Å². The van der Waals surface area contributed by atoms with E-state index in [1.165, 1.54) is 18.2 Å². The largest absolute Gasteiger partial charge is 0.443 e. The van der Waals surface area contributed by atoms with Crippen molar-refractivity contribution >= 4 is 11.8 Å². The fourth-order valence-corrected chi connectivity index (χ4v) is 1.16. The number of esters is 1. The summed E-state index contributed by atoms with van der Waals surface area (Å²) in [5.74, 6) is -0.462. The normalized spacial score (nSPS) is 23.7. The van der Waals surface area contributed by atoms with Gasteiger partial charge in [0, 0.05) is 6.08 Å². The molecule has 0 fully saturated rings. The average molecular weight is 162 g/mol. The minimum absolute atomic E-state index is 0.0861. The van der Waals surface area contributed by atoms with Gasteiger partial charge in [0.05, 0.1) is 0 Å². The highest BCUT2D eigenvalue weighted by atomic mass is 16.6. The summed E-state index contributed by atoms with van der Waals surface area (Å²) >= 11 is 0. The van der Waals surface area contributed by atoms with E-state index in [9.17, 15) is 9.59 Å². The molecule has 0 atom stereocenters. The topological polar surface area (TPSA) is 43.4 Å². The lowest BCUT2D eigenvalue weighted by Crippen LogP contribution is -2.25. The first-order valence-electron chi connectivity index (χ1n) is 3.55. The molecule has 2 rings (SSSR count). The van der Waals surface area contributed by atoms with E-state index in [0.717, 1.165) is 0 Å². The van der Waals surface area contributed by atoms with Gasteiger partial charge in [0.15, 0.2) is 11.4 Å². The molecule has 0 saturated heterocycles. The van der Waals surface area contributed by atoms with Crippen LogP contribution in [0.5, 0.6) is 0 Å². The fourth-order valence-electron chi connectivity index (χ4n) is 1.16. The van der Waals surface area contributed by atoms with Gasteiger partial charge in [-0.2, -0.15) is 0 Å². The summed E-state index contributed by atoms with van der Waals surface area (Å²) in [6.45, 7) is 0. The van der Waals surface area contributed by atoms with Crippen LogP contribution in [-0.2, 0) is 14.3 Å². The van der Waals surface area contributed by atoms with Crippen molar-refractivity contribution in [3.8, 4) is 0 Å². The third-order valence-electron chi connectivity index (χ3n) is 1.77.